The van der Waals surface area contributed by atoms with Gasteiger partial charge in [-0.25, -0.2) is 0 Å². The van der Waals surface area contributed by atoms with E-state index in [1.807, 2.05) is 31.2 Å². The normalized spacial score (nSPS) is 12.1. The van der Waals surface area contributed by atoms with E-state index < -0.39 is 11.0 Å². The highest BCUT2D eigenvalue weighted by molar-refractivity contribution is 6.32. The van der Waals surface area contributed by atoms with E-state index in [0.29, 0.717) is 13.1 Å². The third kappa shape index (κ3) is 4.04. The maximum atomic E-state index is 10.8. The van der Waals surface area contributed by atoms with Crippen molar-refractivity contribution < 1.29 is 10.0 Å². The lowest BCUT2D eigenvalue weighted by Gasteiger charge is -2.14. The van der Waals surface area contributed by atoms with Crippen molar-refractivity contribution in [2.45, 2.75) is 19.6 Å². The molecule has 0 saturated carbocycles. The number of hydrogen-bond acceptors (Lipinski definition) is 4. The number of nitrogens with one attached hydrogen (secondary N) is 1. The maximum Gasteiger partial charge on any atom is 0.288 e. The molecule has 0 saturated heterocycles. The van der Waals surface area contributed by atoms with Crippen LogP contribution in [0.3, 0.4) is 0 Å². The third-order valence-electron chi connectivity index (χ3n) is 3.42. The smallest absolute Gasteiger partial charge is 0.288 e. The second kappa shape index (κ2) is 7.35. The Kier molecular flexibility index (Phi) is 5.49. The lowest BCUT2D eigenvalue weighted by molar-refractivity contribution is -0.384. The molecular weight excluding hydrogens is 304 g/mol. The van der Waals surface area contributed by atoms with Gasteiger partial charge in [-0.3, -0.25) is 10.1 Å². The van der Waals surface area contributed by atoms with Gasteiger partial charge in [-0.2, -0.15) is 0 Å². The van der Waals surface area contributed by atoms with E-state index in [-0.39, 0.29) is 10.7 Å². The number of nitro benzene ring substituents is 1. The highest BCUT2D eigenvalue weighted by Crippen LogP contribution is 2.25. The molecule has 0 radical (unpaired) electrons. The molecule has 5 nitrogen and oxygen atoms in total. The SMILES string of the molecule is Cc1ccccc1C(O)CNCc1ccc(Cl)c([N+](=O)[O-])c1. The van der Waals surface area contributed by atoms with Gasteiger partial charge in [0.25, 0.3) is 5.69 Å². The van der Waals surface area contributed by atoms with Crippen molar-refractivity contribution in [3.63, 3.8) is 0 Å². The van der Waals surface area contributed by atoms with Gasteiger partial charge in [-0.15, -0.1) is 0 Å². The molecule has 0 fully saturated rings. The van der Waals surface area contributed by atoms with Crippen molar-refractivity contribution in [2.75, 3.05) is 6.54 Å². The Balaban J connectivity index is 1.95. The van der Waals surface area contributed by atoms with Gasteiger partial charge in [0.2, 0.25) is 0 Å². The van der Waals surface area contributed by atoms with Gasteiger partial charge in [0.05, 0.1) is 11.0 Å². The summed E-state index contributed by atoms with van der Waals surface area (Å²) in [4.78, 5) is 10.3. The molecule has 0 bridgehead atoms. The van der Waals surface area contributed by atoms with Gasteiger partial charge in [-0.05, 0) is 29.7 Å². The van der Waals surface area contributed by atoms with E-state index in [2.05, 4.69) is 5.32 Å². The minimum Gasteiger partial charge on any atom is -0.387 e. The quantitative estimate of drug-likeness (QED) is 0.632. The molecule has 2 N–H and O–H groups in total. The summed E-state index contributed by atoms with van der Waals surface area (Å²) in [5.41, 5.74) is 2.53. The van der Waals surface area contributed by atoms with Crippen LogP contribution in [0.15, 0.2) is 42.5 Å². The number of nitro groups is 1. The molecule has 0 heterocycles. The number of benzene rings is 2. The van der Waals surface area contributed by atoms with Crippen molar-refractivity contribution >= 4 is 17.3 Å². The molecule has 0 spiro atoms. The summed E-state index contributed by atoms with van der Waals surface area (Å²) in [5, 5.41) is 24.2. The number of aryl methyl sites for hydroxylation is 1. The van der Waals surface area contributed by atoms with Crippen LogP contribution in [-0.2, 0) is 6.54 Å². The van der Waals surface area contributed by atoms with Gasteiger partial charge in [0.15, 0.2) is 0 Å². The molecular formula is C16H17ClN2O3. The van der Waals surface area contributed by atoms with Crippen LogP contribution >= 0.6 is 11.6 Å². The highest BCUT2D eigenvalue weighted by atomic mass is 35.5. The first kappa shape index (κ1) is 16.4. The van der Waals surface area contributed by atoms with Crippen LogP contribution in [0.2, 0.25) is 5.02 Å². The van der Waals surface area contributed by atoms with Crippen LogP contribution in [0.1, 0.15) is 22.8 Å². The van der Waals surface area contributed by atoms with E-state index in [9.17, 15) is 15.2 Å². The average Bonchev–Trinajstić information content (AvgIpc) is 2.49. The van der Waals surface area contributed by atoms with Crippen LogP contribution < -0.4 is 5.32 Å². The van der Waals surface area contributed by atoms with E-state index in [1.54, 1.807) is 6.07 Å². The van der Waals surface area contributed by atoms with Gasteiger partial charge < -0.3 is 10.4 Å². The summed E-state index contributed by atoms with van der Waals surface area (Å²) in [5.74, 6) is 0. The Hall–Kier alpha value is -1.95. The van der Waals surface area contributed by atoms with Gasteiger partial charge in [0.1, 0.15) is 5.02 Å². The number of aliphatic hydroxyl groups excluding tert-OH is 1. The zero-order valence-electron chi connectivity index (χ0n) is 12.1. The standard InChI is InChI=1S/C16H17ClN2O3/c1-11-4-2-3-5-13(11)16(20)10-18-9-12-6-7-14(17)15(8-12)19(21)22/h2-8,16,18,20H,9-10H2,1H3. The Morgan fingerprint density at radius 3 is 2.73 bits per heavy atom. The monoisotopic (exact) mass is 320 g/mol. The molecule has 0 aliphatic carbocycles. The highest BCUT2D eigenvalue weighted by Gasteiger charge is 2.13. The predicted molar refractivity (Wildman–Crippen MR) is 86.0 cm³/mol. The molecule has 0 aliphatic rings. The lowest BCUT2D eigenvalue weighted by Crippen LogP contribution is -2.21. The predicted octanol–water partition coefficient (Wildman–Crippen LogP) is 3.38. The Bertz CT molecular complexity index is 676. The van der Waals surface area contributed by atoms with E-state index in [0.717, 1.165) is 16.7 Å². The summed E-state index contributed by atoms with van der Waals surface area (Å²) in [6.45, 7) is 2.73. The van der Waals surface area contributed by atoms with E-state index in [4.69, 9.17) is 11.6 Å². The minimum absolute atomic E-state index is 0.111. The zero-order chi connectivity index (χ0) is 16.1. The van der Waals surface area contributed by atoms with Gasteiger partial charge >= 0.3 is 0 Å². The van der Waals surface area contributed by atoms with Crippen LogP contribution in [0.5, 0.6) is 0 Å². The summed E-state index contributed by atoms with van der Waals surface area (Å²) >= 11 is 5.77. The van der Waals surface area contributed by atoms with Gasteiger partial charge in [0, 0.05) is 19.2 Å². The molecule has 6 heteroatoms. The first-order valence-electron chi connectivity index (χ1n) is 6.86. The molecule has 2 aromatic rings. The van der Waals surface area contributed by atoms with E-state index >= 15 is 0 Å². The molecule has 2 aromatic carbocycles. The molecule has 0 amide bonds. The Morgan fingerprint density at radius 2 is 2.05 bits per heavy atom. The number of halogens is 1. The first-order chi connectivity index (χ1) is 10.5. The minimum atomic E-state index is -0.622. The summed E-state index contributed by atoms with van der Waals surface area (Å²) < 4.78 is 0. The fraction of sp³-hybridized carbons (Fsp3) is 0.250. The van der Waals surface area contributed by atoms with Crippen molar-refractivity contribution in [3.05, 3.63) is 74.3 Å². The number of nitrogens with zero attached hydrogens (tertiary/aromatic N) is 1. The number of aliphatic hydroxyl groups is 1. The average molecular weight is 321 g/mol. The topological polar surface area (TPSA) is 75.4 Å². The van der Waals surface area contributed by atoms with Crippen molar-refractivity contribution in [1.29, 1.82) is 0 Å². The van der Waals surface area contributed by atoms with Crippen LogP contribution in [-0.4, -0.2) is 16.6 Å². The third-order valence-corrected chi connectivity index (χ3v) is 3.74. The van der Waals surface area contributed by atoms with Crippen LogP contribution in [0.25, 0.3) is 0 Å². The Labute approximate surface area is 133 Å². The second-order valence-electron chi connectivity index (χ2n) is 5.05. The molecule has 116 valence electrons. The Morgan fingerprint density at radius 1 is 1.32 bits per heavy atom. The van der Waals surface area contributed by atoms with Crippen LogP contribution in [0, 0.1) is 17.0 Å². The fourth-order valence-electron chi connectivity index (χ4n) is 2.23. The summed E-state index contributed by atoms with van der Waals surface area (Å²) in [7, 11) is 0. The lowest BCUT2D eigenvalue weighted by atomic mass is 10.0. The van der Waals surface area contributed by atoms with E-state index in [1.165, 1.54) is 12.1 Å². The molecule has 22 heavy (non-hydrogen) atoms. The molecule has 1 atom stereocenters. The van der Waals surface area contributed by atoms with Crippen molar-refractivity contribution in [1.82, 2.24) is 5.32 Å². The molecule has 0 aliphatic heterocycles. The number of hydrogen-bond donors (Lipinski definition) is 2. The molecule has 0 aromatic heterocycles. The first-order valence-corrected chi connectivity index (χ1v) is 7.24. The van der Waals surface area contributed by atoms with Crippen molar-refractivity contribution in [3.8, 4) is 0 Å². The molecule has 1 unspecified atom stereocenters. The van der Waals surface area contributed by atoms with Crippen molar-refractivity contribution in [2.24, 2.45) is 0 Å². The zero-order valence-corrected chi connectivity index (χ0v) is 12.9. The maximum absolute atomic E-state index is 10.8. The van der Waals surface area contributed by atoms with Crippen LogP contribution in [0.4, 0.5) is 5.69 Å². The second-order valence-corrected chi connectivity index (χ2v) is 5.45. The fourth-order valence-corrected chi connectivity index (χ4v) is 2.42. The summed E-state index contributed by atoms with van der Waals surface area (Å²) in [6, 6.07) is 12.3. The summed E-state index contributed by atoms with van der Waals surface area (Å²) in [6.07, 6.45) is -0.622. The largest absolute Gasteiger partial charge is 0.387 e. The van der Waals surface area contributed by atoms with Gasteiger partial charge in [-0.1, -0.05) is 41.9 Å². The number of rotatable bonds is 6. The molecule has 2 rings (SSSR count).